The lowest BCUT2D eigenvalue weighted by Crippen LogP contribution is -2.16. The molecule has 0 unspecified atom stereocenters. The maximum atomic E-state index is 11.5. The molecule has 49 heavy (non-hydrogen) atoms. The molecule has 3 aromatic carbocycles. The van der Waals surface area contributed by atoms with E-state index in [1.54, 1.807) is 0 Å². The summed E-state index contributed by atoms with van der Waals surface area (Å²) in [5, 5.41) is 34.6. The van der Waals surface area contributed by atoms with E-state index in [2.05, 4.69) is 0 Å². The van der Waals surface area contributed by atoms with Gasteiger partial charge in [0.15, 0.2) is 0 Å². The zero-order valence-corrected chi connectivity index (χ0v) is 31.1. The number of ether oxygens (including phenoxy) is 6. The van der Waals surface area contributed by atoms with Crippen molar-refractivity contribution in [1.82, 2.24) is 0 Å². The minimum atomic E-state index is -0.413. The van der Waals surface area contributed by atoms with Gasteiger partial charge in [0.1, 0.15) is 17.2 Å². The second-order valence-corrected chi connectivity index (χ2v) is 12.0. The predicted molar refractivity (Wildman–Crippen MR) is 191 cm³/mol. The quantitative estimate of drug-likeness (QED) is 0.0958. The lowest BCUT2D eigenvalue weighted by atomic mass is 9.75. The van der Waals surface area contributed by atoms with E-state index in [1.807, 2.05) is 80.5 Å². The zero-order valence-electron chi connectivity index (χ0n) is 31.1. The third-order valence-electron chi connectivity index (χ3n) is 9.09. The minimum Gasteiger partial charge on any atom is -0.507 e. The van der Waals surface area contributed by atoms with Gasteiger partial charge in [0.25, 0.3) is 0 Å². The van der Waals surface area contributed by atoms with Crippen molar-refractivity contribution in [3.63, 3.8) is 0 Å². The Morgan fingerprint density at radius 1 is 0.408 bits per heavy atom. The molecule has 0 aliphatic heterocycles. The number of hydrogen-bond donors (Lipinski definition) is 3. The smallest absolute Gasteiger partial charge is 0.126 e. The summed E-state index contributed by atoms with van der Waals surface area (Å²) < 4.78 is 35.2. The predicted octanol–water partition coefficient (Wildman–Crippen LogP) is 8.13. The highest BCUT2D eigenvalue weighted by Gasteiger charge is 2.31. The molecule has 0 fully saturated rings. The molecule has 272 valence electrons. The van der Waals surface area contributed by atoms with Gasteiger partial charge >= 0.3 is 0 Å². The summed E-state index contributed by atoms with van der Waals surface area (Å²) in [4.78, 5) is 0. The third-order valence-corrected chi connectivity index (χ3v) is 9.09. The third kappa shape index (κ3) is 9.54. The van der Waals surface area contributed by atoms with Gasteiger partial charge in [-0.2, -0.15) is 0 Å². The maximum absolute atomic E-state index is 11.5. The van der Waals surface area contributed by atoms with Crippen molar-refractivity contribution < 1.29 is 43.7 Å². The Labute approximate surface area is 293 Å². The van der Waals surface area contributed by atoms with E-state index >= 15 is 0 Å². The monoisotopic (exact) mass is 682 g/mol. The summed E-state index contributed by atoms with van der Waals surface area (Å²) in [6.45, 7) is 21.9. The maximum Gasteiger partial charge on any atom is 0.126 e. The van der Waals surface area contributed by atoms with Crippen molar-refractivity contribution in [2.45, 2.75) is 108 Å². The average Bonchev–Trinajstić information content (AvgIpc) is 3.09. The van der Waals surface area contributed by atoms with Crippen molar-refractivity contribution in [2.75, 3.05) is 39.6 Å². The summed E-state index contributed by atoms with van der Waals surface area (Å²) in [7, 11) is 0. The average molecular weight is 683 g/mol. The molecule has 0 saturated carbocycles. The van der Waals surface area contributed by atoms with Gasteiger partial charge in [-0.05, 0) is 114 Å². The number of benzene rings is 3. The second kappa shape index (κ2) is 19.9. The standard InChI is InChI=1S/C40H58O9/c1-10-44-19-28-16-31(25(7)34(38(28)41)22-47-13-4)37(32-17-29(20-45-11-2)39(42)35(26(32)8)23-48-14-5)33-18-30(21-46-12-3)40(43)36(27(33)9)24-49-15-6/h16-18,37,41-43H,10-15,19-24H2,1-9H3. The molecule has 9 nitrogen and oxygen atoms in total. The molecular formula is C40H58O9. The fourth-order valence-electron chi connectivity index (χ4n) is 6.24. The Balaban J connectivity index is 2.58. The highest BCUT2D eigenvalue weighted by molar-refractivity contribution is 5.62. The topological polar surface area (TPSA) is 116 Å². The molecule has 0 aromatic heterocycles. The lowest BCUT2D eigenvalue weighted by Gasteiger charge is -2.30. The highest BCUT2D eigenvalue weighted by atomic mass is 16.5. The van der Waals surface area contributed by atoms with E-state index in [0.29, 0.717) is 73.0 Å². The summed E-state index contributed by atoms with van der Waals surface area (Å²) in [5.41, 5.74) is 9.53. The Kier molecular flexibility index (Phi) is 16.3. The number of phenols is 3. The summed E-state index contributed by atoms with van der Waals surface area (Å²) >= 11 is 0. The van der Waals surface area contributed by atoms with Crippen molar-refractivity contribution >= 4 is 0 Å². The van der Waals surface area contributed by atoms with Crippen LogP contribution >= 0.6 is 0 Å². The molecule has 9 heteroatoms. The molecule has 0 aliphatic rings. The van der Waals surface area contributed by atoms with Crippen molar-refractivity contribution in [2.24, 2.45) is 0 Å². The largest absolute Gasteiger partial charge is 0.507 e. The van der Waals surface area contributed by atoms with E-state index in [1.165, 1.54) is 0 Å². The molecule has 0 radical (unpaired) electrons. The highest BCUT2D eigenvalue weighted by Crippen LogP contribution is 2.46. The van der Waals surface area contributed by atoms with Gasteiger partial charge in [0.2, 0.25) is 0 Å². The van der Waals surface area contributed by atoms with Crippen molar-refractivity contribution in [1.29, 1.82) is 0 Å². The number of rotatable bonds is 21. The van der Waals surface area contributed by atoms with Crippen LogP contribution in [0.5, 0.6) is 17.2 Å². The van der Waals surface area contributed by atoms with Crippen LogP contribution in [0.3, 0.4) is 0 Å². The molecule has 0 spiro atoms. The molecule has 3 aromatic rings. The van der Waals surface area contributed by atoms with Crippen LogP contribution in [-0.2, 0) is 68.1 Å². The minimum absolute atomic E-state index is 0.162. The van der Waals surface area contributed by atoms with Gasteiger partial charge in [0.05, 0.1) is 39.6 Å². The number of aromatic hydroxyl groups is 3. The van der Waals surface area contributed by atoms with Gasteiger partial charge in [-0.1, -0.05) is 0 Å². The Morgan fingerprint density at radius 2 is 0.633 bits per heavy atom. The Morgan fingerprint density at radius 3 is 0.857 bits per heavy atom. The van der Waals surface area contributed by atoms with Gasteiger partial charge < -0.3 is 43.7 Å². The molecule has 0 atom stereocenters. The second-order valence-electron chi connectivity index (χ2n) is 12.0. The van der Waals surface area contributed by atoms with Crippen LogP contribution in [0.25, 0.3) is 0 Å². The molecule has 0 amide bonds. The van der Waals surface area contributed by atoms with Gasteiger partial charge in [-0.25, -0.2) is 0 Å². The van der Waals surface area contributed by atoms with Crippen molar-refractivity contribution in [3.8, 4) is 17.2 Å². The normalized spacial score (nSPS) is 11.6. The number of hydrogen-bond acceptors (Lipinski definition) is 9. The first kappa shape index (κ1) is 40.3. The summed E-state index contributed by atoms with van der Waals surface area (Å²) in [5.74, 6) is 0.0729. The molecule has 0 saturated heterocycles. The first-order valence-corrected chi connectivity index (χ1v) is 17.6. The fraction of sp³-hybridized carbons (Fsp3) is 0.550. The van der Waals surface area contributed by atoms with Crippen LogP contribution in [0.15, 0.2) is 18.2 Å². The molecule has 0 aliphatic carbocycles. The molecular weight excluding hydrogens is 624 g/mol. The summed E-state index contributed by atoms with van der Waals surface area (Å²) in [6.07, 6.45) is 0. The first-order valence-electron chi connectivity index (χ1n) is 17.6. The number of phenolic OH excluding ortho intramolecular Hbond substituents is 3. The van der Waals surface area contributed by atoms with Crippen LogP contribution < -0.4 is 0 Å². The van der Waals surface area contributed by atoms with Crippen LogP contribution in [0.2, 0.25) is 0 Å². The van der Waals surface area contributed by atoms with E-state index in [-0.39, 0.29) is 56.9 Å². The van der Waals surface area contributed by atoms with Crippen molar-refractivity contribution in [3.05, 3.63) is 85.0 Å². The van der Waals surface area contributed by atoms with Gasteiger partial charge in [-0.15, -0.1) is 0 Å². The summed E-state index contributed by atoms with van der Waals surface area (Å²) in [6, 6.07) is 6.07. The van der Waals surface area contributed by atoms with E-state index in [4.69, 9.17) is 28.4 Å². The SMILES string of the molecule is CCOCc1cc(C(c2cc(COCC)c(O)c(COCC)c2C)c2cc(COCC)c(O)c(COCC)c2C)c(C)c(COCC)c1O. The van der Waals surface area contributed by atoms with Crippen LogP contribution in [0.1, 0.15) is 114 Å². The lowest BCUT2D eigenvalue weighted by molar-refractivity contribution is 0.125. The Bertz CT molecular complexity index is 1340. The molecule has 0 bridgehead atoms. The Hall–Kier alpha value is -3.18. The molecule has 3 N–H and O–H groups in total. The molecule has 3 rings (SSSR count). The van der Waals surface area contributed by atoms with E-state index in [0.717, 1.165) is 33.4 Å². The van der Waals surface area contributed by atoms with Crippen LogP contribution in [0, 0.1) is 20.8 Å². The van der Waals surface area contributed by atoms with Gasteiger partial charge in [-0.3, -0.25) is 0 Å². The first-order chi connectivity index (χ1) is 23.6. The van der Waals surface area contributed by atoms with Gasteiger partial charge in [0, 0.05) is 78.9 Å². The van der Waals surface area contributed by atoms with Crippen LogP contribution in [-0.4, -0.2) is 55.0 Å². The van der Waals surface area contributed by atoms with Crippen LogP contribution in [0.4, 0.5) is 0 Å². The van der Waals surface area contributed by atoms with E-state index in [9.17, 15) is 15.3 Å². The molecule has 0 heterocycles. The zero-order chi connectivity index (χ0) is 36.1. The fourth-order valence-corrected chi connectivity index (χ4v) is 6.24. The van der Waals surface area contributed by atoms with E-state index < -0.39 is 5.92 Å².